The fourth-order valence-corrected chi connectivity index (χ4v) is 22.5. The van der Waals surface area contributed by atoms with E-state index in [0.717, 1.165) is 26.2 Å². The van der Waals surface area contributed by atoms with E-state index in [4.69, 9.17) is 0 Å². The van der Waals surface area contributed by atoms with Gasteiger partial charge in [0.25, 0.3) is 0 Å². The zero-order chi connectivity index (χ0) is 25.6. The van der Waals surface area contributed by atoms with E-state index in [1.807, 2.05) is 0 Å². The van der Waals surface area contributed by atoms with Gasteiger partial charge in [0.15, 0.2) is 0 Å². The van der Waals surface area contributed by atoms with E-state index in [0.29, 0.717) is 0 Å². The van der Waals surface area contributed by atoms with Gasteiger partial charge < -0.3 is 13.0 Å². The van der Waals surface area contributed by atoms with Crippen molar-refractivity contribution < 1.29 is 0 Å². The third kappa shape index (κ3) is 9.32. The molecule has 0 rings (SSSR count). The van der Waals surface area contributed by atoms with Crippen molar-refractivity contribution in [3.63, 3.8) is 0 Å². The molecule has 0 heterocycles. The van der Waals surface area contributed by atoms with E-state index in [1.54, 1.807) is 0 Å². The van der Waals surface area contributed by atoms with Gasteiger partial charge in [-0.15, -0.1) is 32.9 Å². The van der Waals surface area contributed by atoms with Crippen molar-refractivity contribution in [2.45, 2.75) is 72.9 Å². The molecule has 0 radical (unpaired) electrons. The number of hydrogen-bond donors (Lipinski definition) is 0. The lowest BCUT2D eigenvalue weighted by molar-refractivity contribution is 0.379. The van der Waals surface area contributed by atoms with Crippen molar-refractivity contribution in [2.75, 3.05) is 26.2 Å². The van der Waals surface area contributed by atoms with E-state index < -0.39 is 41.2 Å². The maximum absolute atomic E-state index is 4.23. The fourth-order valence-electron chi connectivity index (χ4n) is 4.34. The smallest absolute Gasteiger partial charge is 0.146 e. The molecule has 0 amide bonds. The van der Waals surface area contributed by atoms with E-state index in [2.05, 4.69) is 140 Å². The summed E-state index contributed by atoms with van der Waals surface area (Å²) in [5, 5.41) is 0. The third-order valence-corrected chi connectivity index (χ3v) is 27.7. The summed E-state index contributed by atoms with van der Waals surface area (Å²) in [5.41, 5.74) is 11.1. The molecule has 0 aliphatic rings. The van der Waals surface area contributed by atoms with Gasteiger partial charge in [-0.05, 0) is 13.1 Å². The Hall–Kier alpha value is -0.336. The first kappa shape index (κ1) is 34.8. The van der Waals surface area contributed by atoms with Crippen molar-refractivity contribution in [2.24, 2.45) is 0 Å². The maximum Gasteiger partial charge on any atom is 0.146 e. The normalized spacial score (nSPS) is 13.6. The third-order valence-electron chi connectivity index (χ3n) is 7.28. The second-order valence-corrected chi connectivity index (χ2v) is 33.8. The minimum Gasteiger partial charge on any atom is -0.338 e. The molecule has 0 unspecified atom stereocenters. The van der Waals surface area contributed by atoms with Crippen LogP contribution in [0, 0.1) is 0 Å². The summed E-state index contributed by atoms with van der Waals surface area (Å²) in [4.78, 5) is 0. The first-order chi connectivity index (χ1) is 14.4. The molecule has 0 saturated heterocycles. The van der Waals surface area contributed by atoms with Crippen molar-refractivity contribution in [3.05, 3.63) is 61.4 Å². The van der Waals surface area contributed by atoms with Crippen LogP contribution >= 0.6 is 0 Å². The van der Waals surface area contributed by atoms with Crippen molar-refractivity contribution in [1.29, 1.82) is 0 Å². The Labute approximate surface area is 214 Å². The van der Waals surface area contributed by atoms with E-state index >= 15 is 0 Å². The lowest BCUT2D eigenvalue weighted by atomic mass is 10.6. The molecule has 0 fully saturated rings. The largest absolute Gasteiger partial charge is 0.338 e. The van der Waals surface area contributed by atoms with Crippen LogP contribution in [0.3, 0.4) is 0 Å². The lowest BCUT2D eigenvalue weighted by Crippen LogP contribution is -2.65. The summed E-state index contributed by atoms with van der Waals surface area (Å²) in [7, 11) is -8.47. The standard InChI is InChI=1S/C24H53N3Si5.CH4/c1-16-28(6,7)25(21-23-26(29(8,9)17-2)30(10,11)18-3)22-24-27(31(12,13)19-4)32(14,15)20-5;/h16-20H,1-5,21-24H2,6-15H3;1H4. The molecule has 0 saturated carbocycles. The van der Waals surface area contributed by atoms with Gasteiger partial charge >= 0.3 is 0 Å². The van der Waals surface area contributed by atoms with Crippen LogP contribution in [0.15, 0.2) is 61.4 Å². The second kappa shape index (κ2) is 13.1. The first-order valence-corrected chi connectivity index (χ1v) is 27.0. The quantitative estimate of drug-likeness (QED) is 0.192. The van der Waals surface area contributed by atoms with Gasteiger partial charge in [0.1, 0.15) is 41.2 Å². The average molecular weight is 540 g/mol. The molecule has 0 aliphatic heterocycles. The van der Waals surface area contributed by atoms with Crippen LogP contribution in [-0.4, -0.2) is 80.4 Å². The number of rotatable bonds is 16. The summed E-state index contributed by atoms with van der Waals surface area (Å²) in [6.45, 7) is 49.5. The summed E-state index contributed by atoms with van der Waals surface area (Å²) >= 11 is 0. The van der Waals surface area contributed by atoms with Crippen molar-refractivity contribution in [1.82, 2.24) is 13.0 Å². The molecule has 0 N–H and O–H groups in total. The van der Waals surface area contributed by atoms with E-state index in [9.17, 15) is 0 Å². The Morgan fingerprint density at radius 1 is 0.424 bits per heavy atom. The highest BCUT2D eigenvalue weighted by molar-refractivity contribution is 6.95. The molecule has 192 valence electrons. The summed E-state index contributed by atoms with van der Waals surface area (Å²) < 4.78 is 8.34. The van der Waals surface area contributed by atoms with Crippen LogP contribution in [0.5, 0.6) is 0 Å². The molecule has 3 nitrogen and oxygen atoms in total. The van der Waals surface area contributed by atoms with Gasteiger partial charge in [0.2, 0.25) is 0 Å². The molecule has 0 aromatic heterocycles. The monoisotopic (exact) mass is 539 g/mol. The molecule has 0 aromatic rings. The van der Waals surface area contributed by atoms with Crippen LogP contribution < -0.4 is 0 Å². The molecule has 0 spiro atoms. The molecule has 33 heavy (non-hydrogen) atoms. The van der Waals surface area contributed by atoms with Crippen LogP contribution in [0.2, 0.25) is 65.5 Å². The van der Waals surface area contributed by atoms with E-state index in [-0.39, 0.29) is 7.43 Å². The topological polar surface area (TPSA) is 9.72 Å². The Morgan fingerprint density at radius 3 is 0.818 bits per heavy atom. The highest BCUT2D eigenvalue weighted by atomic mass is 28.4. The van der Waals surface area contributed by atoms with Crippen LogP contribution in [-0.2, 0) is 0 Å². The zero-order valence-corrected chi connectivity index (χ0v) is 28.1. The molecule has 0 bridgehead atoms. The van der Waals surface area contributed by atoms with Gasteiger partial charge in [-0.25, -0.2) is 0 Å². The van der Waals surface area contributed by atoms with Gasteiger partial charge in [0, 0.05) is 13.1 Å². The summed E-state index contributed by atoms with van der Waals surface area (Å²) in [6, 6.07) is 0. The highest BCUT2D eigenvalue weighted by Crippen LogP contribution is 2.24. The summed E-state index contributed by atoms with van der Waals surface area (Å²) in [6.07, 6.45) is 0. The van der Waals surface area contributed by atoms with Crippen molar-refractivity contribution >= 4 is 41.2 Å². The second-order valence-electron chi connectivity index (χ2n) is 11.6. The minimum absolute atomic E-state index is 0. The molecule has 8 heteroatoms. The van der Waals surface area contributed by atoms with Crippen molar-refractivity contribution in [3.8, 4) is 0 Å². The SMILES string of the molecule is C.C=C[Si](C)(C)N(CCN([Si](C)(C)C=C)[Si](C)(C)C=C)CCN([Si](C)(C)C=C)[Si](C)(C)C=C. The Morgan fingerprint density at radius 2 is 0.636 bits per heavy atom. The number of hydrogen-bond acceptors (Lipinski definition) is 3. The van der Waals surface area contributed by atoms with Crippen LogP contribution in [0.1, 0.15) is 7.43 Å². The lowest BCUT2D eigenvalue weighted by Gasteiger charge is -2.48. The first-order valence-electron chi connectivity index (χ1n) is 11.9. The molecule has 0 aliphatic carbocycles. The fraction of sp³-hybridized carbons (Fsp3) is 0.600. The summed E-state index contributed by atoms with van der Waals surface area (Å²) in [5.74, 6) is 0. The predicted octanol–water partition coefficient (Wildman–Crippen LogP) is 7.18. The average Bonchev–Trinajstić information content (AvgIpc) is 2.71. The predicted molar refractivity (Wildman–Crippen MR) is 170 cm³/mol. The molecule has 0 aromatic carbocycles. The maximum atomic E-state index is 4.23. The Bertz CT molecular complexity index is 596. The van der Waals surface area contributed by atoms with Crippen LogP contribution in [0.4, 0.5) is 0 Å². The molecule has 0 atom stereocenters. The Kier molecular flexibility index (Phi) is 13.8. The van der Waals surface area contributed by atoms with E-state index in [1.165, 1.54) is 0 Å². The molecular formula is C25H57N3Si5. The highest BCUT2D eigenvalue weighted by Gasteiger charge is 2.40. The number of nitrogens with zero attached hydrogens (tertiary/aromatic N) is 3. The van der Waals surface area contributed by atoms with Gasteiger partial charge in [-0.1, -0.05) is 101 Å². The van der Waals surface area contributed by atoms with Gasteiger partial charge in [0.05, 0.1) is 0 Å². The Balaban J connectivity index is 0. The van der Waals surface area contributed by atoms with Gasteiger partial charge in [-0.2, -0.15) is 0 Å². The molecular weight excluding hydrogens is 483 g/mol. The van der Waals surface area contributed by atoms with Crippen LogP contribution in [0.25, 0.3) is 0 Å². The zero-order valence-electron chi connectivity index (χ0n) is 23.1. The minimum atomic E-state index is -1.72. The van der Waals surface area contributed by atoms with Gasteiger partial charge in [-0.3, -0.25) is 0 Å².